The van der Waals surface area contributed by atoms with Crippen LogP contribution >= 0.6 is 0 Å². The van der Waals surface area contributed by atoms with Gasteiger partial charge in [-0.2, -0.15) is 0 Å². The molecular formula is C33H42O10. The minimum atomic E-state index is -2.14. The number of hydrogen-bond acceptors (Lipinski definition) is 10. The van der Waals surface area contributed by atoms with Crippen LogP contribution < -0.4 is 0 Å². The lowest BCUT2D eigenvalue weighted by Gasteiger charge is -2.62. The Morgan fingerprint density at radius 2 is 1.37 bits per heavy atom. The van der Waals surface area contributed by atoms with E-state index in [1.165, 1.54) is 20.8 Å². The molecule has 0 spiro atoms. The summed E-state index contributed by atoms with van der Waals surface area (Å²) in [5.41, 5.74) is -4.63. The second kappa shape index (κ2) is 10.1. The summed E-state index contributed by atoms with van der Waals surface area (Å²) < 4.78 is 24.1. The van der Waals surface area contributed by atoms with Gasteiger partial charge < -0.3 is 24.1 Å². The van der Waals surface area contributed by atoms with E-state index in [0.717, 1.165) is 0 Å². The lowest BCUT2D eigenvalue weighted by Crippen LogP contribution is -2.75. The normalized spacial score (nSPS) is 42.3. The zero-order valence-corrected chi connectivity index (χ0v) is 26.0. The lowest BCUT2D eigenvalue weighted by molar-refractivity contribution is -0.300. The first kappa shape index (κ1) is 31.2. The number of carbonyl (C=O) groups is 5. The minimum Gasteiger partial charge on any atom is -0.461 e. The van der Waals surface area contributed by atoms with Gasteiger partial charge in [-0.15, -0.1) is 0 Å². The molecule has 43 heavy (non-hydrogen) atoms. The Labute approximate surface area is 251 Å². The first-order chi connectivity index (χ1) is 19.9. The summed E-state index contributed by atoms with van der Waals surface area (Å²) in [6.45, 7) is 12.9. The number of fused-ring (bicyclic) bond motifs is 4. The average molecular weight is 599 g/mol. The summed E-state index contributed by atoms with van der Waals surface area (Å²) >= 11 is 0. The Morgan fingerprint density at radius 3 is 1.93 bits per heavy atom. The fourth-order valence-electron chi connectivity index (χ4n) is 9.44. The van der Waals surface area contributed by atoms with E-state index in [-0.39, 0.29) is 17.3 Å². The topological polar surface area (TPSA) is 143 Å². The summed E-state index contributed by atoms with van der Waals surface area (Å²) in [7, 11) is 0. The number of ether oxygens (including phenoxy) is 4. The van der Waals surface area contributed by atoms with E-state index in [9.17, 15) is 29.1 Å². The Kier molecular flexibility index (Phi) is 7.35. The van der Waals surface area contributed by atoms with Gasteiger partial charge in [0.05, 0.1) is 11.5 Å². The molecule has 10 heteroatoms. The molecule has 4 saturated carbocycles. The number of hydrogen-bond donors (Lipinski definition) is 1. The fourth-order valence-corrected chi connectivity index (χ4v) is 9.44. The van der Waals surface area contributed by atoms with Crippen LogP contribution in [0.1, 0.15) is 78.6 Å². The van der Waals surface area contributed by atoms with Gasteiger partial charge in [0.25, 0.3) is 0 Å². The van der Waals surface area contributed by atoms with Gasteiger partial charge in [-0.25, -0.2) is 4.79 Å². The highest BCUT2D eigenvalue weighted by molar-refractivity contribution is 5.90. The molecule has 1 aromatic carbocycles. The molecule has 1 N–H and O–H groups in total. The summed E-state index contributed by atoms with van der Waals surface area (Å²) in [5.74, 6) is -5.33. The Balaban J connectivity index is 1.75. The van der Waals surface area contributed by atoms with Crippen molar-refractivity contribution in [3.05, 3.63) is 35.9 Å². The number of Topliss-reactive ketones (excluding diaryl/α,β-unsaturated/α-hetero) is 1. The molecule has 1 aromatic rings. The van der Waals surface area contributed by atoms with Crippen molar-refractivity contribution in [2.75, 3.05) is 0 Å². The largest absolute Gasteiger partial charge is 0.461 e. The molecule has 234 valence electrons. The number of esters is 4. The van der Waals surface area contributed by atoms with Gasteiger partial charge in [0.1, 0.15) is 35.8 Å². The molecule has 0 aliphatic heterocycles. The Bertz CT molecular complexity index is 1350. The minimum absolute atomic E-state index is 0.0617. The molecule has 0 saturated heterocycles. The van der Waals surface area contributed by atoms with Crippen LogP contribution in [0.3, 0.4) is 0 Å². The van der Waals surface area contributed by atoms with Gasteiger partial charge in [0.2, 0.25) is 0 Å². The monoisotopic (exact) mass is 598 g/mol. The van der Waals surface area contributed by atoms with E-state index >= 15 is 0 Å². The van der Waals surface area contributed by atoms with Crippen LogP contribution in [0.25, 0.3) is 0 Å². The van der Waals surface area contributed by atoms with Gasteiger partial charge in [0.15, 0.2) is 0 Å². The molecule has 0 bridgehead atoms. The molecule has 11 atom stereocenters. The molecule has 0 amide bonds. The van der Waals surface area contributed by atoms with E-state index in [4.69, 9.17) is 18.9 Å². The summed E-state index contributed by atoms with van der Waals surface area (Å²) in [5, 5.41) is 13.1. The molecule has 10 nitrogen and oxygen atoms in total. The summed E-state index contributed by atoms with van der Waals surface area (Å²) in [4.78, 5) is 65.2. The van der Waals surface area contributed by atoms with Crippen LogP contribution in [0.2, 0.25) is 0 Å². The maximum atomic E-state index is 13.7. The van der Waals surface area contributed by atoms with E-state index in [1.807, 2.05) is 27.7 Å². The molecule has 0 aromatic heterocycles. The third kappa shape index (κ3) is 4.34. The second-order valence-electron chi connectivity index (χ2n) is 14.1. The summed E-state index contributed by atoms with van der Waals surface area (Å²) in [6.07, 6.45) is -4.00. The van der Waals surface area contributed by atoms with Gasteiger partial charge in [0, 0.05) is 48.9 Å². The van der Waals surface area contributed by atoms with Gasteiger partial charge >= 0.3 is 23.9 Å². The number of rotatable bonds is 5. The first-order valence-corrected chi connectivity index (χ1v) is 15.0. The van der Waals surface area contributed by atoms with Crippen LogP contribution in [-0.4, -0.2) is 64.8 Å². The molecule has 4 fully saturated rings. The van der Waals surface area contributed by atoms with Gasteiger partial charge in [-0.05, 0) is 30.9 Å². The molecule has 0 unspecified atom stereocenters. The van der Waals surface area contributed by atoms with Crippen molar-refractivity contribution in [1.82, 2.24) is 0 Å². The van der Waals surface area contributed by atoms with Crippen molar-refractivity contribution < 1.29 is 48.0 Å². The van der Waals surface area contributed by atoms with Crippen molar-refractivity contribution in [3.8, 4) is 0 Å². The maximum absolute atomic E-state index is 13.7. The third-order valence-corrected chi connectivity index (χ3v) is 11.2. The van der Waals surface area contributed by atoms with Crippen molar-refractivity contribution >= 4 is 29.7 Å². The Morgan fingerprint density at radius 1 is 0.814 bits per heavy atom. The van der Waals surface area contributed by atoms with Gasteiger partial charge in [-0.3, -0.25) is 19.2 Å². The summed E-state index contributed by atoms with van der Waals surface area (Å²) in [6, 6.07) is 8.32. The van der Waals surface area contributed by atoms with Gasteiger partial charge in [-0.1, -0.05) is 52.8 Å². The van der Waals surface area contributed by atoms with Crippen LogP contribution in [-0.2, 0) is 38.1 Å². The van der Waals surface area contributed by atoms with E-state index in [0.29, 0.717) is 12.8 Å². The van der Waals surface area contributed by atoms with Crippen LogP contribution in [0.15, 0.2) is 30.3 Å². The van der Waals surface area contributed by atoms with Crippen molar-refractivity contribution in [2.45, 2.75) is 98.2 Å². The third-order valence-electron chi connectivity index (χ3n) is 11.2. The predicted molar refractivity (Wildman–Crippen MR) is 151 cm³/mol. The highest BCUT2D eigenvalue weighted by Crippen LogP contribution is 2.75. The van der Waals surface area contributed by atoms with Crippen LogP contribution in [0.5, 0.6) is 0 Å². The lowest BCUT2D eigenvalue weighted by atomic mass is 9.47. The zero-order chi connectivity index (χ0) is 31.9. The number of aliphatic hydroxyl groups is 1. The number of carbonyl (C=O) groups excluding carboxylic acids is 5. The highest BCUT2D eigenvalue weighted by atomic mass is 16.6. The molecule has 0 heterocycles. The van der Waals surface area contributed by atoms with E-state index < -0.39 is 87.9 Å². The molecule has 5 rings (SSSR count). The van der Waals surface area contributed by atoms with Crippen molar-refractivity contribution in [3.63, 3.8) is 0 Å². The standard InChI is InChI=1S/C33H42O10/c1-16-24(43-28(38)20-12-10-9-11-13-20)23-27(41-18(3)35)31(7)14-21-22(15-30(5,6)25(21)37)32(31,8)29(42-19(4)36)33(23,39)26(16)40-17(2)34/h9-13,16,21-24,26-27,29,39H,14-15H2,1-8H3/t16-,21-,22-,23-,24+,26-,27-,29-,31+,32-,33+/m0/s1. The second-order valence-corrected chi connectivity index (χ2v) is 14.1. The molecule has 4 aliphatic carbocycles. The smallest absolute Gasteiger partial charge is 0.338 e. The zero-order valence-electron chi connectivity index (χ0n) is 26.0. The highest BCUT2D eigenvalue weighted by Gasteiger charge is 2.84. The Hall–Kier alpha value is -3.27. The van der Waals surface area contributed by atoms with Crippen molar-refractivity contribution in [2.24, 2.45) is 39.9 Å². The molecule has 0 radical (unpaired) electrons. The van der Waals surface area contributed by atoms with E-state index in [2.05, 4.69) is 0 Å². The predicted octanol–water partition coefficient (Wildman–Crippen LogP) is 3.67. The van der Waals surface area contributed by atoms with E-state index in [1.54, 1.807) is 37.3 Å². The maximum Gasteiger partial charge on any atom is 0.338 e. The number of benzene rings is 1. The quantitative estimate of drug-likeness (QED) is 0.394. The SMILES string of the molecule is CC(=O)O[C@@H]1[C@@]2(O)[C@@H]([C@H](OC(=O)c3ccccc3)[C@H](C)[C@@H]2OC(C)=O)[C@H](OC(C)=O)[C@@]2(C)C[C@@H]3C(=O)C(C)(C)C[C@@H]3[C@@]12C. The first-order valence-electron chi connectivity index (χ1n) is 15.0. The molecule has 4 aliphatic rings. The number of ketones is 1. The molecular weight excluding hydrogens is 556 g/mol. The van der Waals surface area contributed by atoms with Crippen LogP contribution in [0, 0.1) is 39.9 Å². The average Bonchev–Trinajstić information content (AvgIpc) is 3.37. The fraction of sp³-hybridized carbons (Fsp3) is 0.667. The van der Waals surface area contributed by atoms with Crippen molar-refractivity contribution in [1.29, 1.82) is 0 Å². The van der Waals surface area contributed by atoms with Crippen LogP contribution in [0.4, 0.5) is 0 Å².